The monoisotopic (exact) mass is 324 g/mol. The smallest absolute Gasteiger partial charge is 0.265 e. The Morgan fingerprint density at radius 2 is 2.25 bits per heavy atom. The van der Waals surface area contributed by atoms with E-state index in [2.05, 4.69) is 11.1 Å². The molecule has 1 fully saturated rings. The average Bonchev–Trinajstić information content (AvgIpc) is 3.01. The molecule has 2 aromatic rings. The minimum Gasteiger partial charge on any atom is -0.337 e. The largest absolute Gasteiger partial charge is 0.337 e. The summed E-state index contributed by atoms with van der Waals surface area (Å²) >= 11 is 5.13. The van der Waals surface area contributed by atoms with Crippen LogP contribution in [0.3, 0.4) is 0 Å². The third kappa shape index (κ3) is 2.92. The van der Waals surface area contributed by atoms with Gasteiger partial charge in [0.15, 0.2) is 0 Å². The van der Waals surface area contributed by atoms with Crippen molar-refractivity contribution in [1.29, 1.82) is 0 Å². The van der Waals surface area contributed by atoms with E-state index in [9.17, 15) is 4.79 Å². The molecule has 1 saturated heterocycles. The number of aromatic nitrogens is 1. The topological polar surface area (TPSA) is 33.2 Å². The molecule has 1 aliphatic rings. The Morgan fingerprint density at radius 1 is 1.35 bits per heavy atom. The average molecular weight is 324 g/mol. The van der Waals surface area contributed by atoms with Crippen LogP contribution in [0.2, 0.25) is 0 Å². The second-order valence-electron chi connectivity index (χ2n) is 4.67. The lowest BCUT2D eigenvalue weighted by atomic mass is 10.3. The molecule has 6 heteroatoms. The Bertz CT molecular complexity index is 584. The van der Waals surface area contributed by atoms with Gasteiger partial charge in [0.05, 0.1) is 10.6 Å². The second-order valence-corrected chi connectivity index (χ2v) is 7.84. The van der Waals surface area contributed by atoms with Crippen molar-refractivity contribution in [3.8, 4) is 9.88 Å². The van der Waals surface area contributed by atoms with Crippen molar-refractivity contribution in [1.82, 2.24) is 9.88 Å². The summed E-state index contributed by atoms with van der Waals surface area (Å²) in [5.41, 5.74) is 0.861. The summed E-state index contributed by atoms with van der Waals surface area (Å²) in [4.78, 5) is 21.1. The van der Waals surface area contributed by atoms with E-state index in [0.717, 1.165) is 51.5 Å². The summed E-state index contributed by atoms with van der Waals surface area (Å²) in [7, 11) is 0. The zero-order valence-corrected chi connectivity index (χ0v) is 13.7. The van der Waals surface area contributed by atoms with Crippen LogP contribution in [-0.2, 0) is 0 Å². The van der Waals surface area contributed by atoms with E-state index in [-0.39, 0.29) is 5.91 Å². The molecule has 3 nitrogen and oxygen atoms in total. The number of thiazole rings is 1. The maximum atomic E-state index is 12.6. The number of carbonyl (C=O) groups is 1. The molecule has 2 aromatic heterocycles. The summed E-state index contributed by atoms with van der Waals surface area (Å²) in [6.45, 7) is 3.67. The van der Waals surface area contributed by atoms with Gasteiger partial charge in [0.2, 0.25) is 0 Å². The lowest BCUT2D eigenvalue weighted by Crippen LogP contribution is -2.32. The van der Waals surface area contributed by atoms with Crippen LogP contribution in [-0.4, -0.2) is 40.4 Å². The minimum atomic E-state index is 0.158. The van der Waals surface area contributed by atoms with Crippen molar-refractivity contribution < 1.29 is 4.79 Å². The summed E-state index contributed by atoms with van der Waals surface area (Å²) in [5.74, 6) is 2.36. The molecule has 0 N–H and O–H groups in total. The predicted molar refractivity (Wildman–Crippen MR) is 88.0 cm³/mol. The van der Waals surface area contributed by atoms with E-state index >= 15 is 0 Å². The third-order valence-electron chi connectivity index (χ3n) is 3.23. The summed E-state index contributed by atoms with van der Waals surface area (Å²) in [6, 6.07) is 4.07. The standard InChI is InChI=1S/C14H16N2OS3/c1-10-12(14(17)16-5-3-7-18-9-6-16)20-13(15-10)11-4-2-8-19-11/h2,4,8H,3,5-7,9H2,1H3. The molecule has 0 spiro atoms. The maximum absolute atomic E-state index is 12.6. The molecule has 1 aliphatic heterocycles. The van der Waals surface area contributed by atoms with Gasteiger partial charge < -0.3 is 4.90 Å². The molecular formula is C14H16N2OS3. The van der Waals surface area contributed by atoms with Gasteiger partial charge >= 0.3 is 0 Å². The molecule has 0 unspecified atom stereocenters. The quantitative estimate of drug-likeness (QED) is 0.843. The summed E-state index contributed by atoms with van der Waals surface area (Å²) in [6.07, 6.45) is 1.09. The van der Waals surface area contributed by atoms with Crippen molar-refractivity contribution in [2.24, 2.45) is 0 Å². The molecule has 1 amide bonds. The zero-order valence-electron chi connectivity index (χ0n) is 11.3. The number of hydrogen-bond donors (Lipinski definition) is 0. The molecule has 106 valence electrons. The van der Waals surface area contributed by atoms with E-state index in [0.29, 0.717) is 0 Å². The molecule has 20 heavy (non-hydrogen) atoms. The number of aryl methyl sites for hydroxylation is 1. The maximum Gasteiger partial charge on any atom is 0.265 e. The summed E-state index contributed by atoms with van der Waals surface area (Å²) < 4.78 is 0. The molecule has 0 radical (unpaired) electrons. The highest BCUT2D eigenvalue weighted by molar-refractivity contribution is 7.99. The zero-order chi connectivity index (χ0) is 13.9. The first-order valence-corrected chi connectivity index (χ1v) is 9.49. The number of thiophene rings is 1. The SMILES string of the molecule is Cc1nc(-c2cccs2)sc1C(=O)N1CCCSCC1. The fourth-order valence-electron chi connectivity index (χ4n) is 2.19. The number of nitrogens with zero attached hydrogens (tertiary/aromatic N) is 2. The summed E-state index contributed by atoms with van der Waals surface area (Å²) in [5, 5.41) is 3.00. The first kappa shape index (κ1) is 14.1. The van der Waals surface area contributed by atoms with E-state index < -0.39 is 0 Å². The van der Waals surface area contributed by atoms with E-state index in [1.807, 2.05) is 35.0 Å². The van der Waals surface area contributed by atoms with E-state index in [1.54, 1.807) is 11.3 Å². The van der Waals surface area contributed by atoms with Crippen molar-refractivity contribution in [3.05, 3.63) is 28.1 Å². The van der Waals surface area contributed by atoms with Crippen molar-refractivity contribution in [2.45, 2.75) is 13.3 Å². The van der Waals surface area contributed by atoms with Gasteiger partial charge in [-0.25, -0.2) is 4.98 Å². The minimum absolute atomic E-state index is 0.158. The van der Waals surface area contributed by atoms with Gasteiger partial charge in [0.1, 0.15) is 9.88 Å². The molecule has 0 atom stereocenters. The fourth-order valence-corrected chi connectivity index (χ4v) is 4.91. The van der Waals surface area contributed by atoms with Crippen LogP contribution >= 0.6 is 34.4 Å². The number of amides is 1. The lowest BCUT2D eigenvalue weighted by molar-refractivity contribution is 0.0772. The van der Waals surface area contributed by atoms with Gasteiger partial charge in [-0.3, -0.25) is 4.79 Å². The molecule has 0 aliphatic carbocycles. The Kier molecular flexibility index (Phi) is 4.43. The second kappa shape index (κ2) is 6.28. The Hall–Kier alpha value is -0.850. The van der Waals surface area contributed by atoms with Gasteiger partial charge in [0, 0.05) is 18.8 Å². The Morgan fingerprint density at radius 3 is 3.05 bits per heavy atom. The Labute approximate surface area is 131 Å². The van der Waals surface area contributed by atoms with Crippen LogP contribution in [0.1, 0.15) is 21.8 Å². The van der Waals surface area contributed by atoms with Crippen LogP contribution in [0.15, 0.2) is 17.5 Å². The van der Waals surface area contributed by atoms with Gasteiger partial charge in [-0.2, -0.15) is 11.8 Å². The number of thioether (sulfide) groups is 1. The highest BCUT2D eigenvalue weighted by Crippen LogP contribution is 2.31. The Balaban J connectivity index is 1.84. The third-order valence-corrected chi connectivity index (χ3v) is 6.47. The molecule has 0 saturated carbocycles. The van der Waals surface area contributed by atoms with E-state index in [1.165, 1.54) is 11.3 Å². The normalized spacial score (nSPS) is 16.1. The highest BCUT2D eigenvalue weighted by atomic mass is 32.2. The highest BCUT2D eigenvalue weighted by Gasteiger charge is 2.22. The van der Waals surface area contributed by atoms with Crippen molar-refractivity contribution >= 4 is 40.3 Å². The molecule has 3 heterocycles. The van der Waals surface area contributed by atoms with Crippen LogP contribution in [0.25, 0.3) is 9.88 Å². The van der Waals surface area contributed by atoms with Crippen molar-refractivity contribution in [2.75, 3.05) is 24.6 Å². The van der Waals surface area contributed by atoms with Crippen LogP contribution in [0, 0.1) is 6.92 Å². The van der Waals surface area contributed by atoms with Gasteiger partial charge in [-0.15, -0.1) is 22.7 Å². The van der Waals surface area contributed by atoms with Crippen LogP contribution in [0.4, 0.5) is 0 Å². The first-order chi connectivity index (χ1) is 9.75. The van der Waals surface area contributed by atoms with Gasteiger partial charge in [0.25, 0.3) is 5.91 Å². The number of hydrogen-bond acceptors (Lipinski definition) is 5. The predicted octanol–water partition coefficient (Wildman–Crippen LogP) is 3.76. The van der Waals surface area contributed by atoms with Crippen LogP contribution < -0.4 is 0 Å². The lowest BCUT2D eigenvalue weighted by Gasteiger charge is -2.19. The first-order valence-electron chi connectivity index (χ1n) is 6.64. The number of carbonyl (C=O) groups excluding carboxylic acids is 1. The number of rotatable bonds is 2. The fraction of sp³-hybridized carbons (Fsp3) is 0.429. The van der Waals surface area contributed by atoms with Gasteiger partial charge in [-0.1, -0.05) is 6.07 Å². The van der Waals surface area contributed by atoms with Crippen LogP contribution in [0.5, 0.6) is 0 Å². The van der Waals surface area contributed by atoms with Gasteiger partial charge in [-0.05, 0) is 30.5 Å². The van der Waals surface area contributed by atoms with Crippen molar-refractivity contribution in [3.63, 3.8) is 0 Å². The molecule has 0 aromatic carbocycles. The van der Waals surface area contributed by atoms with E-state index in [4.69, 9.17) is 0 Å². The molecular weight excluding hydrogens is 308 g/mol. The molecule has 0 bridgehead atoms. The molecule has 3 rings (SSSR count).